The maximum atomic E-state index is 11.5. The van der Waals surface area contributed by atoms with Crippen LogP contribution in [0.2, 0.25) is 0 Å². The number of halogens is 5. The molecule has 0 rings (SSSR count). The summed E-state index contributed by atoms with van der Waals surface area (Å²) >= 11 is 0. The summed E-state index contributed by atoms with van der Waals surface area (Å²) in [5.74, 6) is 0. The molecule has 0 amide bonds. The van der Waals surface area contributed by atoms with Gasteiger partial charge in [0.2, 0.25) is 0 Å². The first-order valence-corrected chi connectivity index (χ1v) is 3.36. The number of rotatable bonds is 1. The van der Waals surface area contributed by atoms with Gasteiger partial charge in [-0.15, -0.1) is 0 Å². The van der Waals surface area contributed by atoms with Crippen LogP contribution in [0.4, 0.5) is 22.0 Å². The molecule has 0 spiro atoms. The fraction of sp³-hybridized carbons (Fsp3) is 1.00. The molecule has 10 heteroatoms. The van der Waals surface area contributed by atoms with Gasteiger partial charge in [0.05, 0.1) is 0 Å². The Kier molecular flexibility index (Phi) is 4.27. The molecule has 0 radical (unpaired) electrons. The molecule has 0 heterocycles. The van der Waals surface area contributed by atoms with Gasteiger partial charge in [0.1, 0.15) is 0 Å². The van der Waals surface area contributed by atoms with E-state index in [1.54, 1.807) is 0 Å². The number of hydrogen-bond acceptors (Lipinski definition) is 2. The predicted molar refractivity (Wildman–Crippen MR) is 29.7 cm³/mol. The van der Waals surface area contributed by atoms with Gasteiger partial charge >= 0.3 is 40.4 Å². The molecule has 0 aromatic heterocycles. The van der Waals surface area contributed by atoms with Gasteiger partial charge in [-0.1, -0.05) is 0 Å². The fourth-order valence-electron chi connectivity index (χ4n) is 0.146. The first kappa shape index (κ1) is 14.7. The van der Waals surface area contributed by atoms with Gasteiger partial charge in [0.15, 0.2) is 0 Å². The Morgan fingerprint density at radius 3 is 1.25 bits per heavy atom. The third-order valence-electron chi connectivity index (χ3n) is 0.654. The van der Waals surface area contributed by atoms with E-state index < -0.39 is 21.5 Å². The summed E-state index contributed by atoms with van der Waals surface area (Å²) in [6, 6.07) is 0. The summed E-state index contributed by atoms with van der Waals surface area (Å²) in [6.45, 7) is 0. The summed E-state index contributed by atoms with van der Waals surface area (Å²) in [6.07, 6.45) is -6.29. The van der Waals surface area contributed by atoms with Crippen LogP contribution < -0.4 is 0 Å². The second-order valence-corrected chi connectivity index (χ2v) is 2.95. The quantitative estimate of drug-likeness (QED) is 0.385. The molecule has 0 aromatic carbocycles. The third kappa shape index (κ3) is 2.58. The van der Waals surface area contributed by atoms with Crippen LogP contribution in [-0.2, 0) is 10.1 Å². The van der Waals surface area contributed by atoms with Gasteiger partial charge < -0.3 is 0 Å². The van der Waals surface area contributed by atoms with Crippen LogP contribution in [0.25, 0.3) is 0 Å². The van der Waals surface area contributed by atoms with Crippen LogP contribution in [0, 0.1) is 0 Å². The molecule has 0 saturated carbocycles. The second-order valence-electron chi connectivity index (χ2n) is 1.49. The Morgan fingerprint density at radius 1 is 1.00 bits per heavy atom. The van der Waals surface area contributed by atoms with Crippen LogP contribution in [0.15, 0.2) is 0 Å². The Bertz CT molecular complexity index is 242. The zero-order valence-electron chi connectivity index (χ0n) is 4.56. The molecule has 0 unspecified atom stereocenters. The van der Waals surface area contributed by atoms with Gasteiger partial charge in [-0.25, -0.2) is 0 Å². The van der Waals surface area contributed by atoms with Crippen molar-refractivity contribution in [3.8, 4) is 0 Å². The molecule has 0 aliphatic carbocycles. The van der Waals surface area contributed by atoms with Crippen molar-refractivity contribution in [3.05, 3.63) is 0 Å². The van der Waals surface area contributed by atoms with Crippen molar-refractivity contribution in [1.29, 1.82) is 0 Å². The van der Waals surface area contributed by atoms with Crippen molar-refractivity contribution in [2.45, 2.75) is 11.4 Å². The summed E-state index contributed by atoms with van der Waals surface area (Å²) < 4.78 is 82.2. The van der Waals surface area contributed by atoms with E-state index in [-0.39, 0.29) is 18.9 Å². The van der Waals surface area contributed by atoms with Crippen molar-refractivity contribution >= 4 is 29.0 Å². The predicted octanol–water partition coefficient (Wildman–Crippen LogP) is 0.381. The molecular weight excluding hydrogens is 206 g/mol. The zero-order valence-corrected chi connectivity index (χ0v) is 5.38. The molecule has 1 N–H and O–H groups in total. The molecule has 0 saturated heterocycles. The van der Waals surface area contributed by atoms with Crippen LogP contribution in [0.3, 0.4) is 0 Å². The van der Waals surface area contributed by atoms with Crippen LogP contribution >= 0.6 is 0 Å². The first-order chi connectivity index (χ1) is 4.50. The van der Waals surface area contributed by atoms with Gasteiger partial charge in [-0.05, 0) is 0 Å². The summed E-state index contributed by atoms with van der Waals surface area (Å²) in [5.41, 5.74) is 0. The Balaban J connectivity index is 0. The van der Waals surface area contributed by atoms with E-state index in [1.807, 2.05) is 0 Å². The van der Waals surface area contributed by atoms with E-state index in [9.17, 15) is 30.4 Å². The van der Waals surface area contributed by atoms with Gasteiger partial charge in [0.25, 0.3) is 0 Å². The zero-order chi connectivity index (χ0) is 9.50. The van der Waals surface area contributed by atoms with Gasteiger partial charge in [0, 0.05) is 0 Å². The summed E-state index contributed by atoms with van der Waals surface area (Å²) in [4.78, 5) is 0. The average molecular weight is 208 g/mol. The van der Waals surface area contributed by atoms with E-state index in [2.05, 4.69) is 0 Å². The van der Waals surface area contributed by atoms with Crippen LogP contribution in [-0.4, -0.2) is 43.3 Å². The first-order valence-electron chi connectivity index (χ1n) is 1.91. The van der Waals surface area contributed by atoms with Crippen molar-refractivity contribution in [2.75, 3.05) is 0 Å². The molecule has 0 bridgehead atoms. The van der Waals surface area contributed by atoms with Crippen LogP contribution in [0.5, 0.6) is 0 Å². The molecule has 70 valence electrons. The van der Waals surface area contributed by atoms with Gasteiger partial charge in [-0.2, -0.15) is 30.4 Å². The standard InChI is InChI=1S/C2HF5O3S.Li.H/c3-1(4,5)2(6,7)11(8,9)10;;/h(H,8,9,10);;. The molecule has 0 aliphatic heterocycles. The van der Waals surface area contributed by atoms with Crippen molar-refractivity contribution in [2.24, 2.45) is 0 Å². The molecule has 0 aromatic rings. The molecule has 0 aliphatic rings. The summed E-state index contributed by atoms with van der Waals surface area (Å²) in [7, 11) is -6.42. The number of alkyl halides is 5. The van der Waals surface area contributed by atoms with Crippen molar-refractivity contribution < 1.29 is 34.9 Å². The summed E-state index contributed by atoms with van der Waals surface area (Å²) in [5, 5.41) is -6.10. The number of hydrogen-bond donors (Lipinski definition) is 1. The van der Waals surface area contributed by atoms with E-state index in [1.165, 1.54) is 0 Å². The monoisotopic (exact) mass is 208 g/mol. The Hall–Kier alpha value is 0.157. The van der Waals surface area contributed by atoms with E-state index >= 15 is 0 Å². The van der Waals surface area contributed by atoms with Crippen molar-refractivity contribution in [3.63, 3.8) is 0 Å². The second kappa shape index (κ2) is 3.49. The third-order valence-corrected chi connectivity index (χ3v) is 1.53. The van der Waals surface area contributed by atoms with Gasteiger partial charge in [-0.3, -0.25) is 4.55 Å². The Labute approximate surface area is 75.9 Å². The molecule has 3 nitrogen and oxygen atoms in total. The normalized spacial score (nSPS) is 13.8. The maximum absolute atomic E-state index is 11.5. The molecular formula is C2H2F5LiO3S. The van der Waals surface area contributed by atoms with Crippen molar-refractivity contribution in [1.82, 2.24) is 0 Å². The van der Waals surface area contributed by atoms with E-state index in [4.69, 9.17) is 4.55 Å². The van der Waals surface area contributed by atoms with Crippen LogP contribution in [0.1, 0.15) is 0 Å². The minimum absolute atomic E-state index is 0. The molecule has 12 heavy (non-hydrogen) atoms. The Morgan fingerprint density at radius 2 is 1.25 bits per heavy atom. The fourth-order valence-corrected chi connectivity index (χ4v) is 0.439. The molecule has 0 atom stereocenters. The minimum atomic E-state index is -6.42. The SMILES string of the molecule is O=S(=O)(O)C(F)(F)C(F)(F)F.[LiH]. The topological polar surface area (TPSA) is 54.4 Å². The average Bonchev–Trinajstić information content (AvgIpc) is 1.58. The van der Waals surface area contributed by atoms with E-state index in [0.29, 0.717) is 0 Å². The molecule has 0 fully saturated rings. The van der Waals surface area contributed by atoms with E-state index in [0.717, 1.165) is 0 Å².